The molecule has 1 amide bonds. The van der Waals surface area contributed by atoms with Crippen LogP contribution in [-0.2, 0) is 4.74 Å². The van der Waals surface area contributed by atoms with E-state index in [2.05, 4.69) is 20.4 Å². The number of aromatic nitrogens is 5. The Labute approximate surface area is 161 Å². The van der Waals surface area contributed by atoms with Gasteiger partial charge in [0.2, 0.25) is 0 Å². The number of ether oxygens (including phenoxy) is 1. The van der Waals surface area contributed by atoms with Crippen molar-refractivity contribution >= 4 is 11.6 Å². The molecule has 0 saturated carbocycles. The average molecular weight is 376 g/mol. The van der Waals surface area contributed by atoms with Gasteiger partial charge in [-0.25, -0.2) is 14.5 Å². The molecule has 1 aromatic carbocycles. The standard InChI is InChI=1S/C20H20N6O2/c1-14-15(20(27)23-9-12-28-2)5-3-6-17(14)25-11-8-22-18(25)16-13-24-26-10-4-7-21-19(16)26/h3-8,10-11,13H,9,12H2,1-2H3,(H,23,27). The first kappa shape index (κ1) is 17.9. The number of carbonyl (C=O) groups excluding carboxylic acids is 1. The summed E-state index contributed by atoms with van der Waals surface area (Å²) >= 11 is 0. The van der Waals surface area contributed by atoms with Gasteiger partial charge in [-0.05, 0) is 30.7 Å². The summed E-state index contributed by atoms with van der Waals surface area (Å²) in [6.45, 7) is 2.86. The van der Waals surface area contributed by atoms with Gasteiger partial charge in [0.15, 0.2) is 5.65 Å². The first-order valence-corrected chi connectivity index (χ1v) is 8.90. The van der Waals surface area contributed by atoms with Crippen LogP contribution in [0, 0.1) is 6.92 Å². The number of nitrogens with zero attached hydrogens (tertiary/aromatic N) is 5. The number of methoxy groups -OCH3 is 1. The second-order valence-corrected chi connectivity index (χ2v) is 6.27. The van der Waals surface area contributed by atoms with Crippen LogP contribution in [0.5, 0.6) is 0 Å². The van der Waals surface area contributed by atoms with Crippen molar-refractivity contribution in [1.29, 1.82) is 0 Å². The number of hydrogen-bond donors (Lipinski definition) is 1. The Morgan fingerprint density at radius 2 is 2.07 bits per heavy atom. The van der Waals surface area contributed by atoms with Crippen molar-refractivity contribution < 1.29 is 9.53 Å². The minimum Gasteiger partial charge on any atom is -0.383 e. The highest BCUT2D eigenvalue weighted by Crippen LogP contribution is 2.27. The summed E-state index contributed by atoms with van der Waals surface area (Å²) in [5.41, 5.74) is 3.90. The largest absolute Gasteiger partial charge is 0.383 e. The molecule has 1 N–H and O–H groups in total. The molecule has 3 aromatic heterocycles. The molecule has 8 heteroatoms. The summed E-state index contributed by atoms with van der Waals surface area (Å²) in [6, 6.07) is 7.47. The van der Waals surface area contributed by atoms with Gasteiger partial charge in [0.05, 0.1) is 24.1 Å². The Morgan fingerprint density at radius 1 is 1.18 bits per heavy atom. The van der Waals surface area contributed by atoms with E-state index < -0.39 is 0 Å². The van der Waals surface area contributed by atoms with Crippen LogP contribution in [-0.4, -0.2) is 50.3 Å². The predicted molar refractivity (Wildman–Crippen MR) is 104 cm³/mol. The first-order chi connectivity index (χ1) is 13.7. The summed E-state index contributed by atoms with van der Waals surface area (Å²) in [4.78, 5) is 21.5. The fourth-order valence-electron chi connectivity index (χ4n) is 3.17. The average Bonchev–Trinajstić information content (AvgIpc) is 3.35. The molecule has 28 heavy (non-hydrogen) atoms. The van der Waals surface area contributed by atoms with Crippen LogP contribution in [0.1, 0.15) is 15.9 Å². The fourth-order valence-corrected chi connectivity index (χ4v) is 3.17. The Hall–Kier alpha value is -3.52. The van der Waals surface area contributed by atoms with Crippen molar-refractivity contribution in [3.05, 3.63) is 66.4 Å². The summed E-state index contributed by atoms with van der Waals surface area (Å²) in [5.74, 6) is 0.587. The van der Waals surface area contributed by atoms with Crippen molar-refractivity contribution in [2.45, 2.75) is 6.92 Å². The second kappa shape index (κ2) is 7.61. The molecule has 3 heterocycles. The lowest BCUT2D eigenvalue weighted by Gasteiger charge is -2.14. The smallest absolute Gasteiger partial charge is 0.251 e. The monoisotopic (exact) mass is 376 g/mol. The first-order valence-electron chi connectivity index (χ1n) is 8.90. The lowest BCUT2D eigenvalue weighted by Crippen LogP contribution is -2.27. The van der Waals surface area contributed by atoms with E-state index in [1.165, 1.54) is 0 Å². The Morgan fingerprint density at radius 3 is 2.93 bits per heavy atom. The molecule has 4 rings (SSSR count). The van der Waals surface area contributed by atoms with Gasteiger partial charge in [-0.2, -0.15) is 5.10 Å². The molecule has 0 fully saturated rings. The van der Waals surface area contributed by atoms with Crippen molar-refractivity contribution in [1.82, 2.24) is 29.5 Å². The number of fused-ring (bicyclic) bond motifs is 1. The summed E-state index contributed by atoms with van der Waals surface area (Å²) in [6.07, 6.45) is 8.92. The number of benzene rings is 1. The second-order valence-electron chi connectivity index (χ2n) is 6.27. The maximum absolute atomic E-state index is 12.5. The normalized spacial score (nSPS) is 11.1. The molecule has 0 aliphatic heterocycles. The Kier molecular flexibility index (Phi) is 4.86. The molecule has 0 unspecified atom stereocenters. The minimum atomic E-state index is -0.129. The number of carbonyl (C=O) groups is 1. The maximum atomic E-state index is 12.5. The van der Waals surface area contributed by atoms with Crippen molar-refractivity contribution in [2.24, 2.45) is 0 Å². The summed E-state index contributed by atoms with van der Waals surface area (Å²) in [7, 11) is 1.61. The van der Waals surface area contributed by atoms with Gasteiger partial charge in [-0.3, -0.25) is 9.36 Å². The van der Waals surface area contributed by atoms with Gasteiger partial charge in [0.1, 0.15) is 5.82 Å². The SMILES string of the molecule is COCCNC(=O)c1cccc(-n2ccnc2-c2cnn3cccnc23)c1C. The van der Waals surface area contributed by atoms with Crippen LogP contribution in [0.2, 0.25) is 0 Å². The molecule has 0 aliphatic rings. The molecular weight excluding hydrogens is 356 g/mol. The number of rotatable bonds is 6. The van der Waals surface area contributed by atoms with E-state index in [1.807, 2.05) is 48.1 Å². The predicted octanol–water partition coefficient (Wildman–Crippen LogP) is 2.27. The van der Waals surface area contributed by atoms with Gasteiger partial charge < -0.3 is 10.1 Å². The fraction of sp³-hybridized carbons (Fsp3) is 0.200. The minimum absolute atomic E-state index is 0.129. The van der Waals surface area contributed by atoms with Gasteiger partial charge in [-0.1, -0.05) is 6.07 Å². The van der Waals surface area contributed by atoms with E-state index in [-0.39, 0.29) is 5.91 Å². The highest BCUT2D eigenvalue weighted by Gasteiger charge is 2.17. The molecule has 0 atom stereocenters. The number of imidazole rings is 1. The quantitative estimate of drug-likeness (QED) is 0.522. The van der Waals surface area contributed by atoms with Gasteiger partial charge >= 0.3 is 0 Å². The van der Waals surface area contributed by atoms with Crippen LogP contribution in [0.4, 0.5) is 0 Å². The number of nitrogens with one attached hydrogen (secondary N) is 1. The lowest BCUT2D eigenvalue weighted by molar-refractivity contribution is 0.0936. The lowest BCUT2D eigenvalue weighted by atomic mass is 10.1. The highest BCUT2D eigenvalue weighted by molar-refractivity contribution is 5.96. The van der Waals surface area contributed by atoms with Gasteiger partial charge in [-0.15, -0.1) is 0 Å². The molecule has 0 radical (unpaired) electrons. The third-order valence-corrected chi connectivity index (χ3v) is 4.56. The van der Waals surface area contributed by atoms with E-state index in [0.717, 1.165) is 22.5 Å². The molecule has 0 bridgehead atoms. The maximum Gasteiger partial charge on any atom is 0.251 e. The summed E-state index contributed by atoms with van der Waals surface area (Å²) < 4.78 is 8.65. The van der Waals surface area contributed by atoms with Crippen LogP contribution in [0.15, 0.2) is 55.2 Å². The summed E-state index contributed by atoms with van der Waals surface area (Å²) in [5, 5.41) is 7.21. The zero-order valence-electron chi connectivity index (χ0n) is 15.7. The third-order valence-electron chi connectivity index (χ3n) is 4.56. The van der Waals surface area contributed by atoms with E-state index in [4.69, 9.17) is 4.74 Å². The molecule has 0 spiro atoms. The van der Waals surface area contributed by atoms with E-state index >= 15 is 0 Å². The Balaban J connectivity index is 1.75. The molecule has 142 valence electrons. The molecule has 8 nitrogen and oxygen atoms in total. The number of hydrogen-bond acceptors (Lipinski definition) is 5. The number of amides is 1. The van der Waals surface area contributed by atoms with Crippen molar-refractivity contribution in [3.8, 4) is 17.1 Å². The van der Waals surface area contributed by atoms with Crippen LogP contribution < -0.4 is 5.32 Å². The van der Waals surface area contributed by atoms with Crippen LogP contribution >= 0.6 is 0 Å². The van der Waals surface area contributed by atoms with E-state index in [1.54, 1.807) is 30.2 Å². The van der Waals surface area contributed by atoms with Gasteiger partial charge in [0.25, 0.3) is 5.91 Å². The van der Waals surface area contributed by atoms with Gasteiger partial charge in [0, 0.05) is 44.0 Å². The van der Waals surface area contributed by atoms with E-state index in [9.17, 15) is 4.79 Å². The van der Waals surface area contributed by atoms with Crippen molar-refractivity contribution in [2.75, 3.05) is 20.3 Å². The van der Waals surface area contributed by atoms with E-state index in [0.29, 0.717) is 24.5 Å². The van der Waals surface area contributed by atoms with Crippen molar-refractivity contribution in [3.63, 3.8) is 0 Å². The Bertz CT molecular complexity index is 1130. The third kappa shape index (κ3) is 3.14. The van der Waals surface area contributed by atoms with Crippen LogP contribution in [0.3, 0.4) is 0 Å². The zero-order chi connectivity index (χ0) is 19.5. The molecule has 0 saturated heterocycles. The van der Waals surface area contributed by atoms with Crippen LogP contribution in [0.25, 0.3) is 22.7 Å². The topological polar surface area (TPSA) is 86.3 Å². The highest BCUT2D eigenvalue weighted by atomic mass is 16.5. The zero-order valence-corrected chi connectivity index (χ0v) is 15.7. The molecular formula is C20H20N6O2. The molecule has 0 aliphatic carbocycles. The molecule has 4 aromatic rings.